The molecule has 1 fully saturated rings. The van der Waals surface area contributed by atoms with Gasteiger partial charge in [-0.15, -0.1) is 5.10 Å². The normalized spacial score (nSPS) is 15.4. The van der Waals surface area contributed by atoms with Crippen molar-refractivity contribution in [1.82, 2.24) is 29.5 Å². The molecule has 172 valence electrons. The lowest BCUT2D eigenvalue weighted by molar-refractivity contribution is 0.0158. The minimum atomic E-state index is -0.625. The number of methoxy groups -OCH3 is 1. The van der Waals surface area contributed by atoms with E-state index in [1.54, 1.807) is 40.1 Å². The van der Waals surface area contributed by atoms with Gasteiger partial charge in [-0.05, 0) is 50.6 Å². The average Bonchev–Trinajstić information content (AvgIpc) is 3.27. The van der Waals surface area contributed by atoms with Gasteiger partial charge in [-0.1, -0.05) is 17.7 Å². The van der Waals surface area contributed by atoms with Crippen LogP contribution in [0.2, 0.25) is 5.02 Å². The molecule has 9 nitrogen and oxygen atoms in total. The van der Waals surface area contributed by atoms with Crippen LogP contribution >= 0.6 is 11.6 Å². The largest absolute Gasteiger partial charge is 0.481 e. The summed E-state index contributed by atoms with van der Waals surface area (Å²) in [7, 11) is 1.52. The Bertz CT molecular complexity index is 1210. The van der Waals surface area contributed by atoms with E-state index in [9.17, 15) is 9.59 Å². The van der Waals surface area contributed by atoms with Gasteiger partial charge in [-0.2, -0.15) is 0 Å². The van der Waals surface area contributed by atoms with Crippen LogP contribution in [0, 0.1) is 6.92 Å². The number of aryl methyl sites for hydroxylation is 1. The van der Waals surface area contributed by atoms with Crippen molar-refractivity contribution in [2.75, 3.05) is 26.7 Å². The summed E-state index contributed by atoms with van der Waals surface area (Å²) in [6.45, 7) is 6.81. The third-order valence-electron chi connectivity index (χ3n) is 5.56. The molecule has 0 aliphatic carbocycles. The van der Waals surface area contributed by atoms with Crippen LogP contribution in [-0.4, -0.2) is 73.6 Å². The van der Waals surface area contributed by atoms with Crippen LogP contribution in [0.15, 0.2) is 42.7 Å². The molecule has 0 saturated carbocycles. The van der Waals surface area contributed by atoms with Crippen molar-refractivity contribution in [3.05, 3.63) is 64.8 Å². The van der Waals surface area contributed by atoms with Crippen LogP contribution in [0.3, 0.4) is 0 Å². The van der Waals surface area contributed by atoms with Crippen molar-refractivity contribution in [3.8, 4) is 11.6 Å². The number of amides is 2. The molecule has 3 heterocycles. The van der Waals surface area contributed by atoms with Gasteiger partial charge in [0.2, 0.25) is 11.7 Å². The van der Waals surface area contributed by atoms with Crippen molar-refractivity contribution in [3.63, 3.8) is 0 Å². The summed E-state index contributed by atoms with van der Waals surface area (Å²) in [6, 6.07) is 10.7. The summed E-state index contributed by atoms with van der Waals surface area (Å²) in [5, 5.41) is 4.91. The van der Waals surface area contributed by atoms with E-state index in [0.29, 0.717) is 41.9 Å². The first-order valence-electron chi connectivity index (χ1n) is 10.5. The first-order valence-corrected chi connectivity index (χ1v) is 10.9. The Morgan fingerprint density at radius 3 is 2.61 bits per heavy atom. The van der Waals surface area contributed by atoms with Gasteiger partial charge in [0.25, 0.3) is 11.8 Å². The van der Waals surface area contributed by atoms with Gasteiger partial charge < -0.3 is 14.5 Å². The Morgan fingerprint density at radius 2 is 1.91 bits per heavy atom. The summed E-state index contributed by atoms with van der Waals surface area (Å²) in [6.07, 6.45) is 1.49. The maximum absolute atomic E-state index is 13.2. The topological polar surface area (TPSA) is 93.5 Å². The Morgan fingerprint density at radius 1 is 1.12 bits per heavy atom. The van der Waals surface area contributed by atoms with E-state index in [1.807, 2.05) is 26.8 Å². The summed E-state index contributed by atoms with van der Waals surface area (Å²) in [5.41, 5.74) is 1.30. The van der Waals surface area contributed by atoms with E-state index >= 15 is 0 Å². The number of piperazine rings is 1. The predicted molar refractivity (Wildman–Crippen MR) is 123 cm³/mol. The van der Waals surface area contributed by atoms with Crippen molar-refractivity contribution in [2.24, 2.45) is 0 Å². The molecular weight excluding hydrogens is 444 g/mol. The molecular formula is C23H25ClN6O3. The molecule has 0 atom stereocenters. The number of hydrogen-bond donors (Lipinski definition) is 0. The zero-order valence-electron chi connectivity index (χ0n) is 18.9. The highest BCUT2D eigenvalue weighted by atomic mass is 35.5. The Kier molecular flexibility index (Phi) is 6.07. The Balaban J connectivity index is 1.50. The first-order chi connectivity index (χ1) is 15.7. The van der Waals surface area contributed by atoms with Gasteiger partial charge in [-0.3, -0.25) is 9.59 Å². The van der Waals surface area contributed by atoms with Gasteiger partial charge >= 0.3 is 0 Å². The second kappa shape index (κ2) is 8.82. The third-order valence-corrected chi connectivity index (χ3v) is 5.80. The predicted octanol–water partition coefficient (Wildman–Crippen LogP) is 3.01. The molecule has 2 aromatic heterocycles. The molecule has 0 N–H and O–H groups in total. The van der Waals surface area contributed by atoms with Crippen molar-refractivity contribution in [1.29, 1.82) is 0 Å². The number of halogens is 1. The minimum absolute atomic E-state index is 0.0907. The number of pyridine rings is 1. The third kappa shape index (κ3) is 4.68. The number of nitrogens with zero attached hydrogens (tertiary/aromatic N) is 6. The minimum Gasteiger partial charge on any atom is -0.481 e. The number of benzene rings is 1. The highest BCUT2D eigenvalue weighted by Crippen LogP contribution is 2.25. The zero-order valence-corrected chi connectivity index (χ0v) is 19.7. The van der Waals surface area contributed by atoms with Crippen LogP contribution < -0.4 is 4.74 Å². The fourth-order valence-electron chi connectivity index (χ4n) is 3.94. The fourth-order valence-corrected chi connectivity index (χ4v) is 4.13. The van der Waals surface area contributed by atoms with E-state index in [-0.39, 0.29) is 17.6 Å². The van der Waals surface area contributed by atoms with Crippen molar-refractivity contribution >= 4 is 23.4 Å². The van der Waals surface area contributed by atoms with E-state index in [1.165, 1.54) is 18.1 Å². The number of rotatable bonds is 4. The van der Waals surface area contributed by atoms with Gasteiger partial charge in [0, 0.05) is 30.7 Å². The zero-order chi connectivity index (χ0) is 23.8. The van der Waals surface area contributed by atoms with E-state index in [4.69, 9.17) is 16.3 Å². The maximum Gasteiger partial charge on any atom is 0.294 e. The lowest BCUT2D eigenvalue weighted by Gasteiger charge is -2.46. The molecule has 1 aliphatic rings. The Hall–Kier alpha value is -3.46. The molecule has 2 amide bonds. The van der Waals surface area contributed by atoms with Gasteiger partial charge in [0.1, 0.15) is 12.0 Å². The number of ether oxygens (including phenoxy) is 1. The van der Waals surface area contributed by atoms with Gasteiger partial charge in [0.05, 0.1) is 18.3 Å². The van der Waals surface area contributed by atoms with Crippen LogP contribution in [-0.2, 0) is 0 Å². The van der Waals surface area contributed by atoms with Crippen LogP contribution in [0.1, 0.15) is 40.5 Å². The van der Waals surface area contributed by atoms with Crippen LogP contribution in [0.5, 0.6) is 5.88 Å². The second-order valence-electron chi connectivity index (χ2n) is 8.56. The highest BCUT2D eigenvalue weighted by molar-refractivity contribution is 6.30. The smallest absolute Gasteiger partial charge is 0.294 e. The summed E-state index contributed by atoms with van der Waals surface area (Å²) in [5.74, 6) is 0.00413. The monoisotopic (exact) mass is 468 g/mol. The number of carbonyl (C=O) groups excluding carboxylic acids is 2. The first kappa shape index (κ1) is 22.7. The van der Waals surface area contributed by atoms with E-state index < -0.39 is 5.54 Å². The van der Waals surface area contributed by atoms with Gasteiger partial charge in [-0.25, -0.2) is 14.6 Å². The summed E-state index contributed by atoms with van der Waals surface area (Å²) < 4.78 is 6.71. The maximum atomic E-state index is 13.2. The molecule has 3 aromatic rings. The molecule has 10 heteroatoms. The summed E-state index contributed by atoms with van der Waals surface area (Å²) >= 11 is 6.05. The standard InChI is InChI=1S/C23H25ClN6O3/c1-15-10-18(26-19(11-15)33-4)21(31)28-8-9-29(23(2,3)13-28)22(32)20-25-14-30(27-20)17-7-5-6-16(24)12-17/h5-7,10-12,14H,8-9,13H2,1-4H3. The average molecular weight is 469 g/mol. The van der Waals surface area contributed by atoms with Crippen molar-refractivity contribution in [2.45, 2.75) is 26.3 Å². The molecule has 1 aliphatic heterocycles. The summed E-state index contributed by atoms with van der Waals surface area (Å²) in [4.78, 5) is 38.3. The van der Waals surface area contributed by atoms with Gasteiger partial charge in [0.15, 0.2) is 0 Å². The molecule has 1 saturated heterocycles. The number of hydrogen-bond acceptors (Lipinski definition) is 6. The molecule has 1 aromatic carbocycles. The van der Waals surface area contributed by atoms with Crippen molar-refractivity contribution < 1.29 is 14.3 Å². The SMILES string of the molecule is COc1cc(C)cc(C(=O)N2CCN(C(=O)c3ncn(-c4cccc(Cl)c4)n3)C(C)(C)C2)n1. The highest BCUT2D eigenvalue weighted by Gasteiger charge is 2.40. The Labute approximate surface area is 196 Å². The quantitative estimate of drug-likeness (QED) is 0.584. The molecule has 0 spiro atoms. The van der Waals surface area contributed by atoms with E-state index in [0.717, 1.165) is 5.56 Å². The number of carbonyl (C=O) groups is 2. The molecule has 0 unspecified atom stereocenters. The van der Waals surface area contributed by atoms with E-state index in [2.05, 4.69) is 15.1 Å². The molecule has 0 bridgehead atoms. The molecule has 0 radical (unpaired) electrons. The number of aromatic nitrogens is 4. The van der Waals surface area contributed by atoms with Crippen LogP contribution in [0.4, 0.5) is 0 Å². The second-order valence-corrected chi connectivity index (χ2v) is 9.00. The lowest BCUT2D eigenvalue weighted by Crippen LogP contribution is -2.62. The lowest BCUT2D eigenvalue weighted by atomic mass is 9.98. The fraction of sp³-hybridized carbons (Fsp3) is 0.348. The molecule has 4 rings (SSSR count). The van der Waals surface area contributed by atoms with Crippen LogP contribution in [0.25, 0.3) is 5.69 Å². The molecule has 33 heavy (non-hydrogen) atoms.